The number of imidazole rings is 1. The van der Waals surface area contributed by atoms with Crippen molar-refractivity contribution < 1.29 is 4.79 Å². The minimum atomic E-state index is -0.373. The number of hydrogen-bond acceptors (Lipinski definition) is 2. The SMILES string of the molecule is CCCCc1c(-c2ccc(-c3ccccc3)cc2)c(C(N)=O)c(C)n1CCc1cnc[nH]1. The molecule has 2 aromatic carbocycles. The predicted molar refractivity (Wildman–Crippen MR) is 129 cm³/mol. The number of aromatic amines is 1. The summed E-state index contributed by atoms with van der Waals surface area (Å²) in [6.07, 6.45) is 7.42. The lowest BCUT2D eigenvalue weighted by Crippen LogP contribution is -2.14. The van der Waals surface area contributed by atoms with Gasteiger partial charge in [-0.15, -0.1) is 0 Å². The zero-order chi connectivity index (χ0) is 22.5. The summed E-state index contributed by atoms with van der Waals surface area (Å²) in [5.74, 6) is -0.373. The fourth-order valence-electron chi connectivity index (χ4n) is 4.43. The Hall–Kier alpha value is -3.60. The van der Waals surface area contributed by atoms with Crippen LogP contribution in [0.3, 0.4) is 0 Å². The maximum Gasteiger partial charge on any atom is 0.251 e. The van der Waals surface area contributed by atoms with Crippen molar-refractivity contribution in [1.29, 1.82) is 0 Å². The second kappa shape index (κ2) is 9.69. The van der Waals surface area contributed by atoms with E-state index in [0.29, 0.717) is 5.56 Å². The number of nitrogens with one attached hydrogen (secondary N) is 1. The van der Waals surface area contributed by atoms with Crippen molar-refractivity contribution in [2.75, 3.05) is 0 Å². The first-order valence-corrected chi connectivity index (χ1v) is 11.2. The highest BCUT2D eigenvalue weighted by Crippen LogP contribution is 2.35. The standard InChI is InChI=1S/C27H30N4O/c1-3-4-10-24-26(22-13-11-21(12-14-22)20-8-6-5-7-9-20)25(27(28)32)19(2)31(24)16-15-23-17-29-18-30-23/h5-9,11-14,17-18H,3-4,10,15-16H2,1-2H3,(H2,28,32)(H,29,30). The maximum absolute atomic E-state index is 12.6. The van der Waals surface area contributed by atoms with E-state index in [1.54, 1.807) is 6.33 Å². The molecule has 164 valence electrons. The van der Waals surface area contributed by atoms with Gasteiger partial charge in [0.25, 0.3) is 5.91 Å². The third-order valence-electron chi connectivity index (χ3n) is 6.08. The molecule has 32 heavy (non-hydrogen) atoms. The van der Waals surface area contributed by atoms with Crippen LogP contribution in [0.15, 0.2) is 67.1 Å². The summed E-state index contributed by atoms with van der Waals surface area (Å²) in [6.45, 7) is 4.97. The number of benzene rings is 2. The number of aromatic nitrogens is 3. The highest BCUT2D eigenvalue weighted by molar-refractivity contribution is 6.02. The Bertz CT molecular complexity index is 1170. The molecule has 1 amide bonds. The fourth-order valence-corrected chi connectivity index (χ4v) is 4.43. The van der Waals surface area contributed by atoms with Crippen LogP contribution in [0.2, 0.25) is 0 Å². The quantitative estimate of drug-likeness (QED) is 0.369. The number of nitrogens with zero attached hydrogens (tertiary/aromatic N) is 2. The van der Waals surface area contributed by atoms with Crippen LogP contribution in [0.4, 0.5) is 0 Å². The monoisotopic (exact) mass is 426 g/mol. The van der Waals surface area contributed by atoms with Gasteiger partial charge in [-0.25, -0.2) is 4.98 Å². The van der Waals surface area contributed by atoms with E-state index in [1.807, 2.05) is 31.3 Å². The molecule has 0 radical (unpaired) electrons. The lowest BCUT2D eigenvalue weighted by molar-refractivity contribution is 0.1000. The van der Waals surface area contributed by atoms with Crippen LogP contribution < -0.4 is 5.73 Å². The Morgan fingerprint density at radius 2 is 1.69 bits per heavy atom. The molecule has 0 fully saturated rings. The zero-order valence-corrected chi connectivity index (χ0v) is 18.8. The van der Waals surface area contributed by atoms with Crippen molar-refractivity contribution in [1.82, 2.24) is 14.5 Å². The Kier molecular flexibility index (Phi) is 6.55. The molecule has 0 aliphatic heterocycles. The van der Waals surface area contributed by atoms with Crippen LogP contribution in [0.25, 0.3) is 22.3 Å². The first-order chi connectivity index (χ1) is 15.6. The summed E-state index contributed by atoms with van der Waals surface area (Å²) in [6, 6.07) is 18.8. The molecule has 0 atom stereocenters. The summed E-state index contributed by atoms with van der Waals surface area (Å²) in [5.41, 5.74) is 14.1. The first-order valence-electron chi connectivity index (χ1n) is 11.2. The maximum atomic E-state index is 12.6. The van der Waals surface area contributed by atoms with Gasteiger partial charge in [0.1, 0.15) is 0 Å². The van der Waals surface area contributed by atoms with Gasteiger partial charge in [-0.1, -0.05) is 67.9 Å². The van der Waals surface area contributed by atoms with Crippen molar-refractivity contribution in [2.45, 2.75) is 46.1 Å². The second-order valence-electron chi connectivity index (χ2n) is 8.17. The highest BCUT2D eigenvalue weighted by atomic mass is 16.1. The van der Waals surface area contributed by atoms with Crippen LogP contribution >= 0.6 is 0 Å². The Balaban J connectivity index is 1.78. The lowest BCUT2D eigenvalue weighted by atomic mass is 9.95. The number of amides is 1. The van der Waals surface area contributed by atoms with E-state index in [2.05, 4.69) is 57.9 Å². The zero-order valence-electron chi connectivity index (χ0n) is 18.8. The Morgan fingerprint density at radius 1 is 1.00 bits per heavy atom. The fraction of sp³-hybridized carbons (Fsp3) is 0.259. The Morgan fingerprint density at radius 3 is 2.31 bits per heavy atom. The summed E-state index contributed by atoms with van der Waals surface area (Å²) in [5, 5.41) is 0. The van der Waals surface area contributed by atoms with Gasteiger partial charge in [0, 0.05) is 41.8 Å². The van der Waals surface area contributed by atoms with Gasteiger partial charge in [0.15, 0.2) is 0 Å². The molecule has 3 N–H and O–H groups in total. The van der Waals surface area contributed by atoms with E-state index in [0.717, 1.165) is 60.3 Å². The van der Waals surface area contributed by atoms with Crippen LogP contribution in [-0.2, 0) is 19.4 Å². The van der Waals surface area contributed by atoms with Crippen molar-refractivity contribution in [3.05, 3.63) is 89.8 Å². The Labute approximate surface area is 189 Å². The van der Waals surface area contributed by atoms with Gasteiger partial charge in [-0.05, 0) is 36.5 Å². The van der Waals surface area contributed by atoms with Crippen molar-refractivity contribution in [3.8, 4) is 22.3 Å². The van der Waals surface area contributed by atoms with Gasteiger partial charge >= 0.3 is 0 Å². The smallest absolute Gasteiger partial charge is 0.251 e. The summed E-state index contributed by atoms with van der Waals surface area (Å²) in [4.78, 5) is 19.9. The second-order valence-corrected chi connectivity index (χ2v) is 8.17. The minimum absolute atomic E-state index is 0.373. The van der Waals surface area contributed by atoms with Crippen LogP contribution in [0.5, 0.6) is 0 Å². The van der Waals surface area contributed by atoms with Crippen molar-refractivity contribution in [2.24, 2.45) is 5.73 Å². The number of rotatable bonds is 9. The molecule has 2 aromatic heterocycles. The van der Waals surface area contributed by atoms with Crippen molar-refractivity contribution in [3.63, 3.8) is 0 Å². The van der Waals surface area contributed by atoms with Crippen LogP contribution in [0.1, 0.15) is 47.2 Å². The molecule has 4 rings (SSSR count). The highest BCUT2D eigenvalue weighted by Gasteiger charge is 2.24. The number of unbranched alkanes of at least 4 members (excludes halogenated alkanes) is 1. The molecule has 5 heteroatoms. The molecule has 0 saturated carbocycles. The van der Waals surface area contributed by atoms with Gasteiger partial charge in [-0.2, -0.15) is 0 Å². The number of carbonyl (C=O) groups is 1. The third-order valence-corrected chi connectivity index (χ3v) is 6.08. The topological polar surface area (TPSA) is 76.7 Å². The molecule has 0 saturated heterocycles. The van der Waals surface area contributed by atoms with Gasteiger partial charge in [0.2, 0.25) is 0 Å². The van der Waals surface area contributed by atoms with Crippen molar-refractivity contribution >= 4 is 5.91 Å². The largest absolute Gasteiger partial charge is 0.366 e. The van der Waals surface area contributed by atoms with Crippen LogP contribution in [0, 0.1) is 6.92 Å². The molecule has 0 aliphatic carbocycles. The summed E-state index contributed by atoms with van der Waals surface area (Å²) in [7, 11) is 0. The molecule has 5 nitrogen and oxygen atoms in total. The average Bonchev–Trinajstić information content (AvgIpc) is 3.43. The molecular weight excluding hydrogens is 396 g/mol. The summed E-state index contributed by atoms with van der Waals surface area (Å²) >= 11 is 0. The number of primary amides is 1. The van der Waals surface area contributed by atoms with E-state index >= 15 is 0 Å². The van der Waals surface area contributed by atoms with E-state index in [-0.39, 0.29) is 5.91 Å². The number of nitrogens with two attached hydrogens (primary N) is 1. The normalized spacial score (nSPS) is 11.1. The average molecular weight is 427 g/mol. The molecule has 0 unspecified atom stereocenters. The van der Waals surface area contributed by atoms with E-state index in [9.17, 15) is 4.79 Å². The molecule has 0 aliphatic rings. The number of aryl methyl sites for hydroxylation is 1. The number of carbonyl (C=O) groups excluding carboxylic acids is 1. The van der Waals surface area contributed by atoms with Gasteiger partial charge in [-0.3, -0.25) is 4.79 Å². The molecule has 2 heterocycles. The first kappa shape index (κ1) is 21.6. The summed E-state index contributed by atoms with van der Waals surface area (Å²) < 4.78 is 2.27. The molecule has 0 spiro atoms. The molecular formula is C27H30N4O. The minimum Gasteiger partial charge on any atom is -0.366 e. The third kappa shape index (κ3) is 4.37. The molecule has 0 bridgehead atoms. The lowest BCUT2D eigenvalue weighted by Gasteiger charge is -2.13. The number of H-pyrrole nitrogens is 1. The predicted octanol–water partition coefficient (Wildman–Crippen LogP) is 5.54. The van der Waals surface area contributed by atoms with E-state index in [1.165, 1.54) is 11.3 Å². The van der Waals surface area contributed by atoms with Gasteiger partial charge < -0.3 is 15.3 Å². The molecule has 4 aromatic rings. The van der Waals surface area contributed by atoms with E-state index in [4.69, 9.17) is 5.73 Å². The van der Waals surface area contributed by atoms with Gasteiger partial charge in [0.05, 0.1) is 11.9 Å². The number of hydrogen-bond donors (Lipinski definition) is 2. The van der Waals surface area contributed by atoms with Crippen LogP contribution in [-0.4, -0.2) is 20.4 Å². The van der Waals surface area contributed by atoms with E-state index < -0.39 is 0 Å².